The van der Waals surface area contributed by atoms with E-state index in [1.54, 1.807) is 23.1 Å². The standard InChI is InChI=1S/C22H17N5O3/c1-25-17-5-3-2-4-16(17)20-18(25)10-11-19(28)27(20)15-8-6-14(7-9-15)21-24-30-22(29)26(21)13-12-23/h2-11,18,20H,13H2,1H3. The average Bonchev–Trinajstić information content (AvgIpc) is 3.27. The van der Waals surface area contributed by atoms with E-state index in [-0.39, 0.29) is 30.4 Å². The Labute approximate surface area is 171 Å². The van der Waals surface area contributed by atoms with E-state index in [0.29, 0.717) is 5.56 Å². The first-order valence-electron chi connectivity index (χ1n) is 9.47. The van der Waals surface area contributed by atoms with Crippen molar-refractivity contribution in [3.05, 3.63) is 76.8 Å². The number of benzene rings is 2. The number of likely N-dealkylation sites (N-methyl/N-ethyl adjacent to an activating group) is 1. The van der Waals surface area contributed by atoms with Gasteiger partial charge in [-0.25, -0.2) is 9.36 Å². The van der Waals surface area contributed by atoms with Gasteiger partial charge in [-0.15, -0.1) is 0 Å². The lowest BCUT2D eigenvalue weighted by atomic mass is 9.96. The number of hydrogen-bond donors (Lipinski definition) is 0. The molecule has 2 atom stereocenters. The molecule has 0 saturated heterocycles. The van der Waals surface area contributed by atoms with E-state index in [2.05, 4.69) is 22.2 Å². The number of para-hydroxylation sites is 1. The van der Waals surface area contributed by atoms with Crippen molar-refractivity contribution < 1.29 is 9.32 Å². The fourth-order valence-corrected chi connectivity index (χ4v) is 4.28. The monoisotopic (exact) mass is 399 g/mol. The number of carbonyl (C=O) groups is 1. The molecule has 2 aliphatic heterocycles. The number of nitrogens with zero attached hydrogens (tertiary/aromatic N) is 5. The van der Waals surface area contributed by atoms with Crippen LogP contribution >= 0.6 is 0 Å². The Hall–Kier alpha value is -4.12. The van der Waals surface area contributed by atoms with Gasteiger partial charge in [0.05, 0.1) is 18.2 Å². The van der Waals surface area contributed by atoms with Crippen LogP contribution < -0.4 is 15.6 Å². The molecule has 148 valence electrons. The molecule has 0 saturated carbocycles. The summed E-state index contributed by atoms with van der Waals surface area (Å²) in [5, 5.41) is 12.7. The lowest BCUT2D eigenvalue weighted by molar-refractivity contribution is -0.115. The number of amides is 1. The van der Waals surface area contributed by atoms with Crippen molar-refractivity contribution in [2.24, 2.45) is 0 Å². The summed E-state index contributed by atoms with van der Waals surface area (Å²) >= 11 is 0. The molecule has 0 radical (unpaired) electrons. The highest BCUT2D eigenvalue weighted by atomic mass is 16.5. The summed E-state index contributed by atoms with van der Waals surface area (Å²) in [5.41, 5.74) is 3.58. The quantitative estimate of drug-likeness (QED) is 0.672. The number of nitriles is 1. The number of rotatable bonds is 3. The summed E-state index contributed by atoms with van der Waals surface area (Å²) in [7, 11) is 2.03. The molecular weight excluding hydrogens is 382 g/mol. The summed E-state index contributed by atoms with van der Waals surface area (Å²) in [4.78, 5) is 28.6. The maximum Gasteiger partial charge on any atom is 0.442 e. The number of carbonyl (C=O) groups excluding carboxylic acids is 1. The van der Waals surface area contributed by atoms with Crippen LogP contribution in [-0.2, 0) is 11.3 Å². The highest BCUT2D eigenvalue weighted by molar-refractivity contribution is 6.04. The molecule has 2 aromatic carbocycles. The van der Waals surface area contributed by atoms with Crippen LogP contribution in [0.5, 0.6) is 0 Å². The predicted molar refractivity (Wildman–Crippen MR) is 110 cm³/mol. The van der Waals surface area contributed by atoms with Crippen LogP contribution in [0.4, 0.5) is 11.4 Å². The molecular formula is C22H17N5O3. The van der Waals surface area contributed by atoms with Gasteiger partial charge in [0, 0.05) is 35.6 Å². The van der Waals surface area contributed by atoms with E-state index in [4.69, 9.17) is 9.78 Å². The van der Waals surface area contributed by atoms with E-state index in [9.17, 15) is 9.59 Å². The molecule has 3 aromatic rings. The fourth-order valence-electron chi connectivity index (χ4n) is 4.28. The summed E-state index contributed by atoms with van der Waals surface area (Å²) in [6.45, 7) is -0.151. The predicted octanol–water partition coefficient (Wildman–Crippen LogP) is 2.49. The highest BCUT2D eigenvalue weighted by Gasteiger charge is 2.43. The Bertz CT molecular complexity index is 1260. The first kappa shape index (κ1) is 17.9. The Morgan fingerprint density at radius 3 is 2.67 bits per heavy atom. The van der Waals surface area contributed by atoms with Gasteiger partial charge in [0.15, 0.2) is 5.82 Å². The molecule has 0 spiro atoms. The maximum absolute atomic E-state index is 12.9. The van der Waals surface area contributed by atoms with Gasteiger partial charge < -0.3 is 4.90 Å². The second kappa shape index (κ2) is 6.74. The topological polar surface area (TPSA) is 95.4 Å². The van der Waals surface area contributed by atoms with E-state index in [0.717, 1.165) is 16.9 Å². The van der Waals surface area contributed by atoms with Crippen LogP contribution in [0.2, 0.25) is 0 Å². The highest BCUT2D eigenvalue weighted by Crippen LogP contribution is 2.45. The number of hydrogen-bond acceptors (Lipinski definition) is 6. The van der Waals surface area contributed by atoms with E-state index >= 15 is 0 Å². The van der Waals surface area contributed by atoms with E-state index < -0.39 is 5.76 Å². The second-order valence-corrected chi connectivity index (χ2v) is 7.24. The molecule has 0 N–H and O–H groups in total. The minimum Gasteiger partial charge on any atom is -0.365 e. The maximum atomic E-state index is 12.9. The molecule has 8 heteroatoms. The molecule has 0 fully saturated rings. The largest absolute Gasteiger partial charge is 0.442 e. The van der Waals surface area contributed by atoms with Crippen LogP contribution in [-0.4, -0.2) is 28.7 Å². The Kier molecular flexibility index (Phi) is 4.03. The minimum absolute atomic E-state index is 0.0520. The molecule has 1 aromatic heterocycles. The minimum atomic E-state index is -0.680. The van der Waals surface area contributed by atoms with Gasteiger partial charge >= 0.3 is 5.76 Å². The number of fused-ring (bicyclic) bond motifs is 3. The lowest BCUT2D eigenvalue weighted by Crippen LogP contribution is -2.44. The zero-order valence-electron chi connectivity index (χ0n) is 16.1. The molecule has 0 bridgehead atoms. The van der Waals surface area contributed by atoms with E-state index in [1.807, 2.05) is 43.5 Å². The summed E-state index contributed by atoms with van der Waals surface area (Å²) in [6, 6.07) is 17.1. The van der Waals surface area contributed by atoms with Crippen molar-refractivity contribution in [3.63, 3.8) is 0 Å². The third-order valence-corrected chi connectivity index (χ3v) is 5.68. The summed E-state index contributed by atoms with van der Waals surface area (Å²) < 4.78 is 5.87. The van der Waals surface area contributed by atoms with Gasteiger partial charge in [0.2, 0.25) is 0 Å². The number of aromatic nitrogens is 2. The van der Waals surface area contributed by atoms with Crippen molar-refractivity contribution in [3.8, 4) is 17.5 Å². The molecule has 3 heterocycles. The van der Waals surface area contributed by atoms with Gasteiger partial charge in [-0.3, -0.25) is 14.2 Å². The van der Waals surface area contributed by atoms with Gasteiger partial charge in [0.25, 0.3) is 5.91 Å². The third-order valence-electron chi connectivity index (χ3n) is 5.68. The normalized spacial score (nSPS) is 19.5. The molecule has 0 aliphatic carbocycles. The summed E-state index contributed by atoms with van der Waals surface area (Å²) in [5.74, 6) is -0.487. The molecule has 2 aliphatic rings. The van der Waals surface area contributed by atoms with Crippen molar-refractivity contribution in [1.29, 1.82) is 5.26 Å². The van der Waals surface area contributed by atoms with Crippen LogP contribution in [0.1, 0.15) is 11.6 Å². The Balaban J connectivity index is 1.55. The van der Waals surface area contributed by atoms with Gasteiger partial charge in [-0.1, -0.05) is 29.4 Å². The first-order chi connectivity index (χ1) is 14.6. The lowest BCUT2D eigenvalue weighted by Gasteiger charge is -2.36. The number of anilines is 2. The van der Waals surface area contributed by atoms with E-state index in [1.165, 1.54) is 4.57 Å². The molecule has 5 rings (SSSR count). The van der Waals surface area contributed by atoms with Crippen LogP contribution in [0.15, 0.2) is 70.0 Å². The molecule has 1 amide bonds. The van der Waals surface area contributed by atoms with Gasteiger partial charge in [-0.05, 0) is 30.3 Å². The van der Waals surface area contributed by atoms with Crippen molar-refractivity contribution in [2.75, 3.05) is 16.8 Å². The van der Waals surface area contributed by atoms with Gasteiger partial charge in [-0.2, -0.15) is 5.26 Å². The SMILES string of the molecule is CN1c2ccccc2C2C1C=CC(=O)N2c1ccc(-c2noc(=O)n2CC#N)cc1. The second-order valence-electron chi connectivity index (χ2n) is 7.24. The first-order valence-corrected chi connectivity index (χ1v) is 9.47. The fraction of sp³-hybridized carbons (Fsp3) is 0.182. The molecule has 2 unspecified atom stereocenters. The van der Waals surface area contributed by atoms with Crippen LogP contribution in [0.3, 0.4) is 0 Å². The zero-order chi connectivity index (χ0) is 20.8. The van der Waals surface area contributed by atoms with Crippen molar-refractivity contribution >= 4 is 17.3 Å². The molecule has 8 nitrogen and oxygen atoms in total. The zero-order valence-corrected chi connectivity index (χ0v) is 16.1. The van der Waals surface area contributed by atoms with Crippen molar-refractivity contribution in [2.45, 2.75) is 18.6 Å². The Morgan fingerprint density at radius 2 is 1.90 bits per heavy atom. The third kappa shape index (κ3) is 2.56. The van der Waals surface area contributed by atoms with Crippen molar-refractivity contribution in [1.82, 2.24) is 9.72 Å². The van der Waals surface area contributed by atoms with Crippen LogP contribution in [0, 0.1) is 11.3 Å². The van der Waals surface area contributed by atoms with Crippen LogP contribution in [0.25, 0.3) is 11.4 Å². The summed E-state index contributed by atoms with van der Waals surface area (Å²) in [6.07, 6.45) is 3.56. The smallest absolute Gasteiger partial charge is 0.365 e. The van der Waals surface area contributed by atoms with Gasteiger partial charge in [0.1, 0.15) is 6.54 Å². The molecule has 30 heavy (non-hydrogen) atoms. The average molecular weight is 399 g/mol. The Morgan fingerprint density at radius 1 is 1.13 bits per heavy atom.